The molecule has 1 fully saturated rings. The van der Waals surface area contributed by atoms with Gasteiger partial charge in [0.05, 0.1) is 15.6 Å². The molecule has 2 heterocycles. The van der Waals surface area contributed by atoms with Crippen molar-refractivity contribution in [3.05, 3.63) is 45.3 Å². The van der Waals surface area contributed by atoms with Crippen molar-refractivity contribution >= 4 is 50.2 Å². The van der Waals surface area contributed by atoms with Crippen LogP contribution in [0.15, 0.2) is 34.5 Å². The highest BCUT2D eigenvalue weighted by molar-refractivity contribution is 7.91. The summed E-state index contributed by atoms with van der Waals surface area (Å²) in [5.74, 6) is 0. The van der Waals surface area contributed by atoms with E-state index in [-0.39, 0.29) is 4.21 Å². The van der Waals surface area contributed by atoms with Gasteiger partial charge < -0.3 is 4.90 Å². The van der Waals surface area contributed by atoms with Crippen LogP contribution in [0.25, 0.3) is 0 Å². The second-order valence-electron chi connectivity index (χ2n) is 5.22. The smallest absolute Gasteiger partial charge is 0.252 e. The first-order valence-electron chi connectivity index (χ1n) is 7.12. The van der Waals surface area contributed by atoms with Crippen molar-refractivity contribution < 1.29 is 8.42 Å². The molecule has 1 saturated heterocycles. The SMILES string of the molecule is N#Cc1cc(Cl)ccc1N1CCN(S(=O)(=O)c2ccc(Cl)s2)CC1. The molecule has 24 heavy (non-hydrogen) atoms. The molecule has 1 aliphatic rings. The van der Waals surface area contributed by atoms with Gasteiger partial charge in [-0.15, -0.1) is 11.3 Å². The number of thiophene rings is 1. The van der Waals surface area contributed by atoms with Crippen molar-refractivity contribution in [2.45, 2.75) is 4.21 Å². The molecule has 0 atom stereocenters. The van der Waals surface area contributed by atoms with Crippen LogP contribution in [-0.4, -0.2) is 38.9 Å². The second kappa shape index (κ2) is 6.90. The number of sulfonamides is 1. The Morgan fingerprint density at radius 3 is 2.38 bits per heavy atom. The van der Waals surface area contributed by atoms with E-state index in [1.54, 1.807) is 24.3 Å². The van der Waals surface area contributed by atoms with Crippen LogP contribution in [0.3, 0.4) is 0 Å². The molecule has 0 saturated carbocycles. The van der Waals surface area contributed by atoms with Gasteiger partial charge in [-0.2, -0.15) is 9.57 Å². The summed E-state index contributed by atoms with van der Waals surface area (Å²) in [7, 11) is -3.51. The number of nitrogens with zero attached hydrogens (tertiary/aromatic N) is 3. The van der Waals surface area contributed by atoms with Crippen LogP contribution < -0.4 is 4.90 Å². The number of anilines is 1. The van der Waals surface area contributed by atoms with Crippen LogP contribution in [0, 0.1) is 11.3 Å². The molecule has 3 rings (SSSR count). The minimum atomic E-state index is -3.51. The second-order valence-corrected chi connectivity index (χ2v) is 9.54. The highest BCUT2D eigenvalue weighted by atomic mass is 35.5. The molecule has 1 aromatic carbocycles. The lowest BCUT2D eigenvalue weighted by molar-refractivity contribution is 0.386. The van der Waals surface area contributed by atoms with E-state index in [1.807, 2.05) is 4.90 Å². The first-order valence-corrected chi connectivity index (χ1v) is 10.1. The van der Waals surface area contributed by atoms with E-state index in [9.17, 15) is 13.7 Å². The number of nitriles is 1. The number of rotatable bonds is 3. The van der Waals surface area contributed by atoms with Crippen molar-refractivity contribution in [1.29, 1.82) is 5.26 Å². The van der Waals surface area contributed by atoms with E-state index in [4.69, 9.17) is 23.2 Å². The molecule has 0 radical (unpaired) electrons. The first kappa shape index (κ1) is 17.5. The van der Waals surface area contributed by atoms with E-state index in [1.165, 1.54) is 10.4 Å². The van der Waals surface area contributed by atoms with Crippen LogP contribution >= 0.6 is 34.5 Å². The summed E-state index contributed by atoms with van der Waals surface area (Å²) < 4.78 is 27.4. The highest BCUT2D eigenvalue weighted by Gasteiger charge is 2.30. The predicted molar refractivity (Wildman–Crippen MR) is 96.5 cm³/mol. The van der Waals surface area contributed by atoms with Crippen LogP contribution in [-0.2, 0) is 10.0 Å². The summed E-state index contributed by atoms with van der Waals surface area (Å²) in [5, 5.41) is 9.76. The van der Waals surface area contributed by atoms with Gasteiger partial charge in [0.25, 0.3) is 10.0 Å². The van der Waals surface area contributed by atoms with Crippen molar-refractivity contribution in [2.75, 3.05) is 31.1 Å². The molecule has 0 bridgehead atoms. The summed E-state index contributed by atoms with van der Waals surface area (Å²) in [5.41, 5.74) is 1.27. The van der Waals surface area contributed by atoms with Gasteiger partial charge in [-0.3, -0.25) is 0 Å². The Bertz CT molecular complexity index is 898. The molecule has 0 N–H and O–H groups in total. The topological polar surface area (TPSA) is 64.4 Å². The molecule has 1 aliphatic heterocycles. The summed E-state index contributed by atoms with van der Waals surface area (Å²) in [4.78, 5) is 2.00. The minimum Gasteiger partial charge on any atom is -0.368 e. The largest absolute Gasteiger partial charge is 0.368 e. The number of hydrogen-bond acceptors (Lipinski definition) is 5. The third-order valence-electron chi connectivity index (χ3n) is 3.80. The fraction of sp³-hybridized carbons (Fsp3) is 0.267. The molecule has 1 aromatic heterocycles. The number of halogens is 2. The Balaban J connectivity index is 1.76. The number of hydrogen-bond donors (Lipinski definition) is 0. The lowest BCUT2D eigenvalue weighted by Crippen LogP contribution is -2.48. The summed E-state index contributed by atoms with van der Waals surface area (Å²) in [6.07, 6.45) is 0. The Labute approximate surface area is 154 Å². The van der Waals surface area contributed by atoms with Gasteiger partial charge in [-0.25, -0.2) is 8.42 Å². The highest BCUT2D eigenvalue weighted by Crippen LogP contribution is 2.30. The van der Waals surface area contributed by atoms with E-state index in [2.05, 4.69) is 6.07 Å². The van der Waals surface area contributed by atoms with Crippen molar-refractivity contribution in [3.63, 3.8) is 0 Å². The molecule has 0 amide bonds. The molecule has 126 valence electrons. The third-order valence-corrected chi connectivity index (χ3v) is 7.63. The number of benzene rings is 1. The van der Waals surface area contributed by atoms with Crippen LogP contribution in [0.5, 0.6) is 0 Å². The quantitative estimate of drug-likeness (QED) is 0.789. The normalized spacial score (nSPS) is 16.1. The van der Waals surface area contributed by atoms with Gasteiger partial charge in [0.15, 0.2) is 0 Å². The average molecular weight is 402 g/mol. The van der Waals surface area contributed by atoms with Crippen molar-refractivity contribution in [3.8, 4) is 6.07 Å². The standard InChI is InChI=1S/C15H13Cl2N3O2S2/c16-12-1-2-13(11(9-12)10-18)19-5-7-20(8-6-19)24(21,22)15-4-3-14(17)23-15/h1-4,9H,5-8H2. The predicted octanol–water partition coefficient (Wildman–Crippen LogP) is 3.44. The van der Waals surface area contributed by atoms with Gasteiger partial charge in [-0.05, 0) is 30.3 Å². The minimum absolute atomic E-state index is 0.255. The van der Waals surface area contributed by atoms with Gasteiger partial charge in [0.2, 0.25) is 0 Å². The zero-order chi connectivity index (χ0) is 17.3. The van der Waals surface area contributed by atoms with Gasteiger partial charge >= 0.3 is 0 Å². The molecular weight excluding hydrogens is 389 g/mol. The lowest BCUT2D eigenvalue weighted by atomic mass is 10.1. The van der Waals surface area contributed by atoms with Crippen LogP contribution in [0.1, 0.15) is 5.56 Å². The van der Waals surface area contributed by atoms with Crippen LogP contribution in [0.2, 0.25) is 9.36 Å². The molecule has 0 spiro atoms. The van der Waals surface area contributed by atoms with Gasteiger partial charge in [0, 0.05) is 31.2 Å². The fourth-order valence-corrected chi connectivity index (χ4v) is 5.84. The van der Waals surface area contributed by atoms with E-state index >= 15 is 0 Å². The third kappa shape index (κ3) is 3.39. The maximum atomic E-state index is 12.6. The van der Waals surface area contributed by atoms with Gasteiger partial charge in [0.1, 0.15) is 10.3 Å². The molecule has 2 aromatic rings. The summed E-state index contributed by atoms with van der Waals surface area (Å²) in [6, 6.07) is 10.4. The zero-order valence-corrected chi connectivity index (χ0v) is 15.6. The Hall–Kier alpha value is -1.30. The maximum absolute atomic E-state index is 12.6. The maximum Gasteiger partial charge on any atom is 0.252 e. The monoisotopic (exact) mass is 401 g/mol. The molecule has 0 aliphatic carbocycles. The van der Waals surface area contributed by atoms with Crippen molar-refractivity contribution in [2.24, 2.45) is 0 Å². The van der Waals surface area contributed by atoms with E-state index in [0.717, 1.165) is 17.0 Å². The number of piperazine rings is 1. The Morgan fingerprint density at radius 2 is 1.79 bits per heavy atom. The molecule has 0 unspecified atom stereocenters. The first-order chi connectivity index (χ1) is 11.4. The summed E-state index contributed by atoms with van der Waals surface area (Å²) >= 11 is 12.8. The Kier molecular flexibility index (Phi) is 5.04. The van der Waals surface area contributed by atoms with E-state index in [0.29, 0.717) is 41.1 Å². The van der Waals surface area contributed by atoms with E-state index < -0.39 is 10.0 Å². The fourth-order valence-electron chi connectivity index (χ4n) is 2.61. The molecule has 5 nitrogen and oxygen atoms in total. The van der Waals surface area contributed by atoms with Crippen LogP contribution in [0.4, 0.5) is 5.69 Å². The summed E-state index contributed by atoms with van der Waals surface area (Å²) in [6.45, 7) is 1.72. The zero-order valence-electron chi connectivity index (χ0n) is 12.4. The van der Waals surface area contributed by atoms with Crippen molar-refractivity contribution in [1.82, 2.24) is 4.31 Å². The molecule has 9 heteroatoms. The molecular formula is C15H13Cl2N3O2S2. The Morgan fingerprint density at radius 1 is 1.08 bits per heavy atom. The lowest BCUT2D eigenvalue weighted by Gasteiger charge is -2.35. The average Bonchev–Trinajstić information content (AvgIpc) is 3.02. The van der Waals surface area contributed by atoms with Gasteiger partial charge in [-0.1, -0.05) is 23.2 Å².